The Morgan fingerprint density at radius 2 is 2.35 bits per heavy atom. The molecule has 1 aromatic heterocycles. The smallest absolute Gasteiger partial charge is 0.220 e. The molecule has 1 saturated carbocycles. The molecule has 0 aliphatic heterocycles. The maximum atomic E-state index is 11.6. The highest BCUT2D eigenvalue weighted by molar-refractivity contribution is 5.76. The molecule has 1 amide bonds. The average molecular weight is 235 g/mol. The zero-order valence-electron chi connectivity index (χ0n) is 10.7. The first kappa shape index (κ1) is 12.1. The predicted molar refractivity (Wildman–Crippen MR) is 66.7 cm³/mol. The number of aromatic nitrogens is 2. The number of hydrogen-bond acceptors (Lipinski definition) is 2. The van der Waals surface area contributed by atoms with Crippen LogP contribution in [0.4, 0.5) is 0 Å². The van der Waals surface area contributed by atoms with Gasteiger partial charge in [0.05, 0.1) is 5.69 Å². The van der Waals surface area contributed by atoms with Crippen molar-refractivity contribution in [2.45, 2.75) is 46.1 Å². The van der Waals surface area contributed by atoms with Gasteiger partial charge in [0, 0.05) is 25.7 Å². The molecule has 4 heteroatoms. The van der Waals surface area contributed by atoms with Crippen LogP contribution in [0.15, 0.2) is 6.20 Å². The number of amides is 1. The summed E-state index contributed by atoms with van der Waals surface area (Å²) in [5, 5.41) is 7.37. The third kappa shape index (κ3) is 3.58. The summed E-state index contributed by atoms with van der Waals surface area (Å²) in [5.41, 5.74) is 2.23. The summed E-state index contributed by atoms with van der Waals surface area (Å²) in [5.74, 6) is 0.920. The molecule has 1 N–H and O–H groups in total. The van der Waals surface area contributed by atoms with Crippen molar-refractivity contribution in [3.63, 3.8) is 0 Å². The van der Waals surface area contributed by atoms with Gasteiger partial charge in [0.15, 0.2) is 0 Å². The second-order valence-corrected chi connectivity index (χ2v) is 4.84. The standard InChI is InChI=1S/C13H21N3O/c1-3-16-9-12(10(2)15-16)6-7-13(17)14-8-11-4-5-11/h9,11H,3-8H2,1-2H3,(H,14,17). The summed E-state index contributed by atoms with van der Waals surface area (Å²) < 4.78 is 1.92. The molecule has 0 unspecified atom stereocenters. The van der Waals surface area contributed by atoms with E-state index in [0.717, 1.165) is 31.1 Å². The van der Waals surface area contributed by atoms with Crippen molar-refractivity contribution in [3.8, 4) is 0 Å². The Morgan fingerprint density at radius 3 is 2.94 bits per heavy atom. The first-order valence-corrected chi connectivity index (χ1v) is 6.48. The Labute approximate surface area is 102 Å². The third-order valence-corrected chi connectivity index (χ3v) is 3.28. The summed E-state index contributed by atoms with van der Waals surface area (Å²) in [6.07, 6.45) is 5.97. The number of nitrogens with zero attached hydrogens (tertiary/aromatic N) is 2. The van der Waals surface area contributed by atoms with Crippen LogP contribution in [0, 0.1) is 12.8 Å². The number of carbonyl (C=O) groups excluding carboxylic acids is 1. The number of nitrogens with one attached hydrogen (secondary N) is 1. The molecule has 0 spiro atoms. The highest BCUT2D eigenvalue weighted by atomic mass is 16.1. The van der Waals surface area contributed by atoms with Crippen LogP contribution in [-0.4, -0.2) is 22.2 Å². The van der Waals surface area contributed by atoms with Gasteiger partial charge in [-0.15, -0.1) is 0 Å². The Kier molecular flexibility index (Phi) is 3.82. The van der Waals surface area contributed by atoms with Crippen LogP contribution in [0.1, 0.15) is 37.4 Å². The lowest BCUT2D eigenvalue weighted by atomic mass is 10.1. The molecule has 1 fully saturated rings. The lowest BCUT2D eigenvalue weighted by molar-refractivity contribution is -0.121. The minimum absolute atomic E-state index is 0.167. The highest BCUT2D eigenvalue weighted by Gasteiger charge is 2.21. The Morgan fingerprint density at radius 1 is 1.59 bits per heavy atom. The van der Waals surface area contributed by atoms with E-state index >= 15 is 0 Å². The van der Waals surface area contributed by atoms with Crippen LogP contribution < -0.4 is 5.32 Å². The minimum atomic E-state index is 0.167. The molecule has 0 bridgehead atoms. The molecule has 4 nitrogen and oxygen atoms in total. The SMILES string of the molecule is CCn1cc(CCC(=O)NCC2CC2)c(C)n1. The van der Waals surface area contributed by atoms with Gasteiger partial charge in [-0.05, 0) is 44.6 Å². The largest absolute Gasteiger partial charge is 0.356 e. The normalized spacial score (nSPS) is 14.9. The van der Waals surface area contributed by atoms with Crippen molar-refractivity contribution in [1.29, 1.82) is 0 Å². The van der Waals surface area contributed by atoms with E-state index in [4.69, 9.17) is 0 Å². The Hall–Kier alpha value is -1.32. The molecule has 1 aliphatic carbocycles. The first-order valence-electron chi connectivity index (χ1n) is 6.48. The van der Waals surface area contributed by atoms with E-state index in [2.05, 4.69) is 17.3 Å². The van der Waals surface area contributed by atoms with Crippen molar-refractivity contribution in [2.75, 3.05) is 6.54 Å². The van der Waals surface area contributed by atoms with Gasteiger partial charge in [-0.2, -0.15) is 5.10 Å². The van der Waals surface area contributed by atoms with Crippen LogP contribution in [0.3, 0.4) is 0 Å². The van der Waals surface area contributed by atoms with Crippen molar-refractivity contribution in [2.24, 2.45) is 5.92 Å². The summed E-state index contributed by atoms with van der Waals surface area (Å²) in [7, 11) is 0. The highest BCUT2D eigenvalue weighted by Crippen LogP contribution is 2.27. The zero-order chi connectivity index (χ0) is 12.3. The van der Waals surface area contributed by atoms with E-state index in [1.165, 1.54) is 18.4 Å². The Balaban J connectivity index is 1.75. The first-order chi connectivity index (χ1) is 8.19. The van der Waals surface area contributed by atoms with Crippen LogP contribution in [0.25, 0.3) is 0 Å². The quantitative estimate of drug-likeness (QED) is 0.815. The zero-order valence-corrected chi connectivity index (χ0v) is 10.7. The van der Waals surface area contributed by atoms with Gasteiger partial charge in [-0.3, -0.25) is 9.48 Å². The van der Waals surface area contributed by atoms with Gasteiger partial charge in [-0.25, -0.2) is 0 Å². The second kappa shape index (κ2) is 5.34. The molecule has 2 rings (SSSR count). The van der Waals surface area contributed by atoms with Crippen molar-refractivity contribution < 1.29 is 4.79 Å². The van der Waals surface area contributed by atoms with Gasteiger partial charge in [0.1, 0.15) is 0 Å². The number of carbonyl (C=O) groups is 1. The van der Waals surface area contributed by atoms with Gasteiger partial charge in [0.2, 0.25) is 5.91 Å². The maximum Gasteiger partial charge on any atom is 0.220 e. The molecule has 17 heavy (non-hydrogen) atoms. The van der Waals surface area contributed by atoms with Gasteiger partial charge >= 0.3 is 0 Å². The fourth-order valence-corrected chi connectivity index (χ4v) is 1.88. The molecule has 1 aromatic rings. The molecule has 0 atom stereocenters. The van der Waals surface area contributed by atoms with Crippen LogP contribution in [-0.2, 0) is 17.8 Å². The van der Waals surface area contributed by atoms with E-state index in [9.17, 15) is 4.79 Å². The van der Waals surface area contributed by atoms with Crippen molar-refractivity contribution in [1.82, 2.24) is 15.1 Å². The molecule has 1 aliphatic rings. The van der Waals surface area contributed by atoms with Crippen LogP contribution in [0.5, 0.6) is 0 Å². The molecular weight excluding hydrogens is 214 g/mol. The molecule has 0 saturated heterocycles. The molecule has 1 heterocycles. The van der Waals surface area contributed by atoms with Crippen molar-refractivity contribution in [3.05, 3.63) is 17.5 Å². The average Bonchev–Trinajstić information content (AvgIpc) is 3.07. The fourth-order valence-electron chi connectivity index (χ4n) is 1.88. The summed E-state index contributed by atoms with van der Waals surface area (Å²) in [6, 6.07) is 0. The van der Waals surface area contributed by atoms with E-state index < -0.39 is 0 Å². The number of hydrogen-bond donors (Lipinski definition) is 1. The lowest BCUT2D eigenvalue weighted by Gasteiger charge is -2.03. The number of aryl methyl sites for hydroxylation is 3. The molecule has 0 aromatic carbocycles. The fraction of sp³-hybridized carbons (Fsp3) is 0.692. The van der Waals surface area contributed by atoms with Crippen LogP contribution >= 0.6 is 0 Å². The third-order valence-electron chi connectivity index (χ3n) is 3.28. The van der Waals surface area contributed by atoms with E-state index in [-0.39, 0.29) is 5.91 Å². The minimum Gasteiger partial charge on any atom is -0.356 e. The maximum absolute atomic E-state index is 11.6. The van der Waals surface area contributed by atoms with Gasteiger partial charge in [0.25, 0.3) is 0 Å². The Bertz CT molecular complexity index is 393. The molecule has 0 radical (unpaired) electrons. The second-order valence-electron chi connectivity index (χ2n) is 4.84. The van der Waals surface area contributed by atoms with E-state index in [0.29, 0.717) is 6.42 Å². The van der Waals surface area contributed by atoms with Crippen molar-refractivity contribution >= 4 is 5.91 Å². The summed E-state index contributed by atoms with van der Waals surface area (Å²) in [4.78, 5) is 11.6. The monoisotopic (exact) mass is 235 g/mol. The van der Waals surface area contributed by atoms with Gasteiger partial charge < -0.3 is 5.32 Å². The van der Waals surface area contributed by atoms with Gasteiger partial charge in [-0.1, -0.05) is 0 Å². The van der Waals surface area contributed by atoms with E-state index in [1.807, 2.05) is 17.8 Å². The summed E-state index contributed by atoms with van der Waals surface area (Å²) in [6.45, 7) is 5.82. The lowest BCUT2D eigenvalue weighted by Crippen LogP contribution is -2.25. The molecular formula is C13H21N3O. The van der Waals surface area contributed by atoms with E-state index in [1.54, 1.807) is 0 Å². The molecule has 94 valence electrons. The van der Waals surface area contributed by atoms with Crippen LogP contribution in [0.2, 0.25) is 0 Å². The predicted octanol–water partition coefficient (Wildman–Crippen LogP) is 1.67. The number of rotatable bonds is 6. The topological polar surface area (TPSA) is 46.9 Å². The summed E-state index contributed by atoms with van der Waals surface area (Å²) >= 11 is 0.